The van der Waals surface area contributed by atoms with E-state index in [1.165, 1.54) is 11.3 Å². The van der Waals surface area contributed by atoms with E-state index in [9.17, 15) is 4.79 Å². The second-order valence-corrected chi connectivity index (χ2v) is 6.41. The highest BCUT2D eigenvalue weighted by Crippen LogP contribution is 2.19. The fourth-order valence-electron chi connectivity index (χ4n) is 3.20. The molecule has 1 aliphatic heterocycles. The van der Waals surface area contributed by atoms with Gasteiger partial charge in [0, 0.05) is 44.0 Å². The quantitative estimate of drug-likeness (QED) is 0.802. The van der Waals surface area contributed by atoms with Gasteiger partial charge in [0.1, 0.15) is 0 Å². The topological polar surface area (TPSA) is 49.6 Å². The molecular weight excluding hydrogens is 369 g/mol. The van der Waals surface area contributed by atoms with Crippen LogP contribution in [0.15, 0.2) is 48.5 Å². The van der Waals surface area contributed by atoms with E-state index >= 15 is 0 Å². The molecule has 2 aromatic carbocycles. The van der Waals surface area contributed by atoms with Crippen LogP contribution in [0.25, 0.3) is 0 Å². The van der Waals surface area contributed by atoms with Gasteiger partial charge in [0.25, 0.3) is 0 Å². The lowest BCUT2D eigenvalue weighted by molar-refractivity contribution is -0.131. The second kappa shape index (κ2) is 10.3. The van der Waals surface area contributed by atoms with Gasteiger partial charge in [-0.1, -0.05) is 30.3 Å². The van der Waals surface area contributed by atoms with Gasteiger partial charge in [-0.2, -0.15) is 0 Å². The van der Waals surface area contributed by atoms with Gasteiger partial charge in [-0.3, -0.25) is 4.79 Å². The van der Waals surface area contributed by atoms with E-state index in [0.717, 1.165) is 37.4 Å². The number of halogens is 2. The molecule has 0 atom stereocenters. The first-order valence-electron chi connectivity index (χ1n) is 8.56. The zero-order valence-corrected chi connectivity index (χ0v) is 16.7. The Morgan fingerprint density at radius 2 is 1.69 bits per heavy atom. The zero-order chi connectivity index (χ0) is 16.9. The standard InChI is InChI=1S/C20H25N3O.2ClH/c1-16-5-4-7-18(15-16)22-11-13-23(14-12-22)20(24)10-9-17-6-2-3-8-19(17)21;;/h2-8,15H,9-14,21H2,1H3;2*1H. The molecule has 1 fully saturated rings. The molecule has 0 aromatic heterocycles. The van der Waals surface area contributed by atoms with Gasteiger partial charge in [0.15, 0.2) is 0 Å². The number of carbonyl (C=O) groups excluding carboxylic acids is 1. The molecule has 3 rings (SSSR count). The molecule has 6 heteroatoms. The maximum atomic E-state index is 12.4. The number of benzene rings is 2. The normalized spacial score (nSPS) is 13.6. The fraction of sp³-hybridized carbons (Fsp3) is 0.350. The summed E-state index contributed by atoms with van der Waals surface area (Å²) in [4.78, 5) is 16.8. The minimum absolute atomic E-state index is 0. The lowest BCUT2D eigenvalue weighted by atomic mass is 10.1. The summed E-state index contributed by atoms with van der Waals surface area (Å²) in [6, 6.07) is 16.3. The summed E-state index contributed by atoms with van der Waals surface area (Å²) in [5.41, 5.74) is 10.3. The molecule has 2 N–H and O–H groups in total. The largest absolute Gasteiger partial charge is 0.399 e. The van der Waals surface area contributed by atoms with Crippen molar-refractivity contribution in [3.63, 3.8) is 0 Å². The van der Waals surface area contributed by atoms with E-state index in [1.54, 1.807) is 0 Å². The molecule has 1 saturated heterocycles. The number of para-hydroxylation sites is 1. The predicted octanol–water partition coefficient (Wildman–Crippen LogP) is 3.70. The summed E-state index contributed by atoms with van der Waals surface area (Å²) in [6.07, 6.45) is 1.24. The van der Waals surface area contributed by atoms with Gasteiger partial charge in [-0.15, -0.1) is 24.8 Å². The fourth-order valence-corrected chi connectivity index (χ4v) is 3.20. The average Bonchev–Trinajstić information content (AvgIpc) is 2.61. The molecule has 0 unspecified atom stereocenters. The second-order valence-electron chi connectivity index (χ2n) is 6.41. The maximum absolute atomic E-state index is 12.4. The van der Waals surface area contributed by atoms with Crippen molar-refractivity contribution in [1.82, 2.24) is 4.90 Å². The molecule has 0 bridgehead atoms. The molecule has 1 heterocycles. The van der Waals surface area contributed by atoms with E-state index in [-0.39, 0.29) is 30.7 Å². The number of rotatable bonds is 4. The smallest absolute Gasteiger partial charge is 0.223 e. The Kier molecular flexibility index (Phi) is 8.76. The lowest BCUT2D eigenvalue weighted by Gasteiger charge is -2.36. The van der Waals surface area contributed by atoms with Gasteiger partial charge >= 0.3 is 0 Å². The number of carbonyl (C=O) groups is 1. The van der Waals surface area contributed by atoms with Crippen LogP contribution in [-0.4, -0.2) is 37.0 Å². The SMILES string of the molecule is Cc1cccc(N2CCN(C(=O)CCc3ccccc3N)CC2)c1.Cl.Cl. The molecule has 0 aliphatic carbocycles. The molecule has 0 saturated carbocycles. The Hall–Kier alpha value is -1.91. The third-order valence-corrected chi connectivity index (χ3v) is 4.66. The number of anilines is 2. The molecule has 142 valence electrons. The Balaban J connectivity index is 0.00000169. The lowest BCUT2D eigenvalue weighted by Crippen LogP contribution is -2.48. The van der Waals surface area contributed by atoms with Crippen LogP contribution in [0.1, 0.15) is 17.5 Å². The van der Waals surface area contributed by atoms with Crippen LogP contribution in [0, 0.1) is 6.92 Å². The van der Waals surface area contributed by atoms with Gasteiger partial charge < -0.3 is 15.5 Å². The van der Waals surface area contributed by atoms with Gasteiger partial charge in [0.2, 0.25) is 5.91 Å². The minimum atomic E-state index is 0. The van der Waals surface area contributed by atoms with Crippen molar-refractivity contribution in [2.45, 2.75) is 19.8 Å². The summed E-state index contributed by atoms with van der Waals surface area (Å²) in [7, 11) is 0. The van der Waals surface area contributed by atoms with E-state index in [4.69, 9.17) is 5.73 Å². The number of amides is 1. The van der Waals surface area contributed by atoms with Gasteiger partial charge in [0.05, 0.1) is 0 Å². The van der Waals surface area contributed by atoms with Crippen molar-refractivity contribution in [2.24, 2.45) is 0 Å². The van der Waals surface area contributed by atoms with E-state index in [2.05, 4.69) is 36.1 Å². The average molecular weight is 396 g/mol. The Morgan fingerprint density at radius 3 is 2.35 bits per heavy atom. The van der Waals surface area contributed by atoms with Gasteiger partial charge in [-0.25, -0.2) is 0 Å². The number of piperazine rings is 1. The van der Waals surface area contributed by atoms with Crippen molar-refractivity contribution >= 4 is 42.1 Å². The Morgan fingerprint density at radius 1 is 1.00 bits per heavy atom. The maximum Gasteiger partial charge on any atom is 0.223 e. The summed E-state index contributed by atoms with van der Waals surface area (Å²) >= 11 is 0. The van der Waals surface area contributed by atoms with Crippen molar-refractivity contribution in [3.05, 3.63) is 59.7 Å². The first kappa shape index (κ1) is 22.1. The number of aryl methyl sites for hydroxylation is 2. The predicted molar refractivity (Wildman–Crippen MR) is 114 cm³/mol. The zero-order valence-electron chi connectivity index (χ0n) is 15.1. The third-order valence-electron chi connectivity index (χ3n) is 4.66. The summed E-state index contributed by atoms with van der Waals surface area (Å²) < 4.78 is 0. The highest BCUT2D eigenvalue weighted by molar-refractivity contribution is 5.85. The Bertz CT molecular complexity index is 716. The number of hydrogen-bond acceptors (Lipinski definition) is 3. The molecule has 0 spiro atoms. The number of nitrogens with zero attached hydrogens (tertiary/aromatic N) is 2. The van der Waals surface area contributed by atoms with Crippen LogP contribution in [0.5, 0.6) is 0 Å². The van der Waals surface area contributed by atoms with Crippen molar-refractivity contribution in [1.29, 1.82) is 0 Å². The number of nitrogens with two attached hydrogens (primary N) is 1. The molecular formula is C20H27Cl2N3O. The van der Waals surface area contributed by atoms with Crippen LogP contribution >= 0.6 is 24.8 Å². The van der Waals surface area contributed by atoms with Crippen molar-refractivity contribution < 1.29 is 4.79 Å². The molecule has 4 nitrogen and oxygen atoms in total. The van der Waals surface area contributed by atoms with Crippen LogP contribution in [0.3, 0.4) is 0 Å². The molecule has 1 aliphatic rings. The van der Waals surface area contributed by atoms with Crippen LogP contribution in [0.4, 0.5) is 11.4 Å². The molecule has 26 heavy (non-hydrogen) atoms. The van der Waals surface area contributed by atoms with E-state index in [1.807, 2.05) is 29.2 Å². The number of nitrogen functional groups attached to an aromatic ring is 1. The van der Waals surface area contributed by atoms with Crippen LogP contribution in [0.2, 0.25) is 0 Å². The highest BCUT2D eigenvalue weighted by atomic mass is 35.5. The van der Waals surface area contributed by atoms with E-state index in [0.29, 0.717) is 12.8 Å². The number of hydrogen-bond donors (Lipinski definition) is 1. The van der Waals surface area contributed by atoms with Crippen LogP contribution < -0.4 is 10.6 Å². The van der Waals surface area contributed by atoms with Crippen molar-refractivity contribution in [3.8, 4) is 0 Å². The third kappa shape index (κ3) is 5.55. The van der Waals surface area contributed by atoms with Crippen LogP contribution in [-0.2, 0) is 11.2 Å². The van der Waals surface area contributed by atoms with E-state index < -0.39 is 0 Å². The monoisotopic (exact) mass is 395 g/mol. The first-order valence-corrected chi connectivity index (χ1v) is 8.56. The summed E-state index contributed by atoms with van der Waals surface area (Å²) in [6.45, 7) is 5.47. The Labute approximate surface area is 168 Å². The summed E-state index contributed by atoms with van der Waals surface area (Å²) in [5, 5.41) is 0. The summed E-state index contributed by atoms with van der Waals surface area (Å²) in [5.74, 6) is 0.224. The van der Waals surface area contributed by atoms with Crippen molar-refractivity contribution in [2.75, 3.05) is 36.8 Å². The molecule has 1 amide bonds. The first-order chi connectivity index (χ1) is 11.6. The van der Waals surface area contributed by atoms with Gasteiger partial charge in [-0.05, 0) is 42.7 Å². The molecule has 0 radical (unpaired) electrons. The molecule has 2 aromatic rings. The minimum Gasteiger partial charge on any atom is -0.399 e. The highest BCUT2D eigenvalue weighted by Gasteiger charge is 2.21.